The van der Waals surface area contributed by atoms with E-state index < -0.39 is 18.6 Å². The third-order valence-corrected chi connectivity index (χ3v) is 5.14. The Kier molecular flexibility index (Phi) is 7.86. The molecule has 0 saturated heterocycles. The summed E-state index contributed by atoms with van der Waals surface area (Å²) in [7, 11) is 0. The molecule has 2 aromatic carbocycles. The van der Waals surface area contributed by atoms with E-state index in [4.69, 9.17) is 4.74 Å². The molecule has 0 spiro atoms. The summed E-state index contributed by atoms with van der Waals surface area (Å²) >= 11 is 0. The van der Waals surface area contributed by atoms with Crippen molar-refractivity contribution in [3.05, 3.63) is 83.9 Å². The van der Waals surface area contributed by atoms with Crippen molar-refractivity contribution in [2.45, 2.75) is 58.8 Å². The molecule has 9 heteroatoms. The molecule has 182 valence electrons. The lowest BCUT2D eigenvalue weighted by Gasteiger charge is -2.31. The van der Waals surface area contributed by atoms with Gasteiger partial charge in [-0.25, -0.2) is 9.78 Å². The number of rotatable bonds is 8. The van der Waals surface area contributed by atoms with Gasteiger partial charge in [-0.2, -0.15) is 0 Å². The fourth-order valence-electron chi connectivity index (χ4n) is 3.77. The molecule has 0 aliphatic carbocycles. The smallest absolute Gasteiger partial charge is 0.433 e. The van der Waals surface area contributed by atoms with Gasteiger partial charge < -0.3 is 18.9 Å². The molecule has 0 saturated carbocycles. The summed E-state index contributed by atoms with van der Waals surface area (Å²) in [6, 6.07) is 14.7. The van der Waals surface area contributed by atoms with Crippen molar-refractivity contribution in [2.75, 3.05) is 0 Å². The summed E-state index contributed by atoms with van der Waals surface area (Å²) in [4.78, 5) is 19.1. The predicted molar refractivity (Wildman–Crippen MR) is 121 cm³/mol. The van der Waals surface area contributed by atoms with Crippen LogP contribution in [0.3, 0.4) is 0 Å². The van der Waals surface area contributed by atoms with Gasteiger partial charge in [0, 0.05) is 36.6 Å². The minimum Gasteiger partial charge on any atom is -0.433 e. The Balaban J connectivity index is 1.96. The second-order valence-electron chi connectivity index (χ2n) is 8.37. The third-order valence-electron chi connectivity index (χ3n) is 5.14. The number of hydrogen-bond acceptors (Lipinski definition) is 4. The van der Waals surface area contributed by atoms with E-state index in [0.29, 0.717) is 17.9 Å². The van der Waals surface area contributed by atoms with E-state index in [1.165, 1.54) is 24.3 Å². The van der Waals surface area contributed by atoms with Crippen molar-refractivity contribution in [1.29, 1.82) is 0 Å². The zero-order valence-electron chi connectivity index (χ0n) is 19.5. The van der Waals surface area contributed by atoms with Gasteiger partial charge in [-0.3, -0.25) is 0 Å². The molecule has 0 fully saturated rings. The first kappa shape index (κ1) is 25.1. The van der Waals surface area contributed by atoms with Crippen LogP contribution in [0.2, 0.25) is 0 Å². The molecule has 3 rings (SSSR count). The highest BCUT2D eigenvalue weighted by atomic mass is 19.4. The number of aromatic nitrogens is 2. The highest BCUT2D eigenvalue weighted by Crippen LogP contribution is 2.30. The Morgan fingerprint density at radius 3 is 2.18 bits per heavy atom. The maximum Gasteiger partial charge on any atom is 0.573 e. The SMILES string of the molecule is CC(C)N(C(=O)OC(c1ccc(OC(F)(F)F)cc1)c1nccn1Cc1ccccc1)C(C)C. The summed E-state index contributed by atoms with van der Waals surface area (Å²) in [6.45, 7) is 8.02. The maximum atomic E-state index is 13.1. The summed E-state index contributed by atoms with van der Waals surface area (Å²) in [5, 5.41) is 0. The average Bonchev–Trinajstić information content (AvgIpc) is 3.19. The number of halogens is 3. The zero-order chi connectivity index (χ0) is 24.9. The van der Waals surface area contributed by atoms with Crippen LogP contribution in [0, 0.1) is 0 Å². The highest BCUT2D eigenvalue weighted by Gasteiger charge is 2.32. The Morgan fingerprint density at radius 2 is 1.62 bits per heavy atom. The van der Waals surface area contributed by atoms with Crippen LogP contribution in [0.5, 0.6) is 5.75 Å². The molecule has 1 aromatic heterocycles. The van der Waals surface area contributed by atoms with E-state index in [2.05, 4.69) is 9.72 Å². The van der Waals surface area contributed by atoms with Crippen molar-refractivity contribution in [3.8, 4) is 5.75 Å². The molecule has 0 aliphatic heterocycles. The van der Waals surface area contributed by atoms with Crippen LogP contribution < -0.4 is 4.74 Å². The molecule has 0 radical (unpaired) electrons. The second kappa shape index (κ2) is 10.6. The third kappa shape index (κ3) is 6.52. The Morgan fingerprint density at radius 1 is 1.00 bits per heavy atom. The molecular weight excluding hydrogens is 447 g/mol. The van der Waals surface area contributed by atoms with Crippen LogP contribution >= 0.6 is 0 Å². The first-order valence-electron chi connectivity index (χ1n) is 10.9. The number of hydrogen-bond donors (Lipinski definition) is 0. The van der Waals surface area contributed by atoms with Gasteiger partial charge in [0.05, 0.1) is 0 Å². The molecule has 1 heterocycles. The number of amides is 1. The van der Waals surface area contributed by atoms with Crippen LogP contribution in [0.15, 0.2) is 67.0 Å². The Labute approximate surface area is 196 Å². The summed E-state index contributed by atoms with van der Waals surface area (Å²) in [6.07, 6.45) is -2.91. The van der Waals surface area contributed by atoms with Crippen LogP contribution in [-0.4, -0.2) is 39.0 Å². The van der Waals surface area contributed by atoms with E-state index in [9.17, 15) is 18.0 Å². The lowest BCUT2D eigenvalue weighted by molar-refractivity contribution is -0.274. The quantitative estimate of drug-likeness (QED) is 0.391. The first-order valence-corrected chi connectivity index (χ1v) is 10.9. The van der Waals surface area contributed by atoms with Crippen molar-refractivity contribution < 1.29 is 27.4 Å². The summed E-state index contributed by atoms with van der Waals surface area (Å²) in [5.41, 5.74) is 1.49. The fraction of sp³-hybridized carbons (Fsp3) is 0.360. The van der Waals surface area contributed by atoms with Gasteiger partial charge in [-0.15, -0.1) is 13.2 Å². The normalized spacial score (nSPS) is 12.6. The zero-order valence-corrected chi connectivity index (χ0v) is 19.5. The van der Waals surface area contributed by atoms with Gasteiger partial charge in [-0.05, 0) is 45.4 Å². The standard InChI is InChI=1S/C25H28F3N3O3/c1-17(2)31(18(3)4)24(32)33-22(20-10-12-21(13-11-20)34-25(26,27)28)23-29-14-15-30(23)16-19-8-6-5-7-9-19/h5-15,17-18,22H,16H2,1-4H3. The molecule has 1 unspecified atom stereocenters. The van der Waals surface area contributed by atoms with Crippen molar-refractivity contribution in [1.82, 2.24) is 14.5 Å². The Bertz CT molecular complexity index is 1060. The predicted octanol–water partition coefficient (Wildman–Crippen LogP) is 6.17. The van der Waals surface area contributed by atoms with Crippen molar-refractivity contribution >= 4 is 6.09 Å². The number of ether oxygens (including phenoxy) is 2. The summed E-state index contributed by atoms with van der Waals surface area (Å²) in [5.74, 6) is 0.0918. The van der Waals surface area contributed by atoms with E-state index in [1.807, 2.05) is 62.6 Å². The van der Waals surface area contributed by atoms with E-state index in [0.717, 1.165) is 5.56 Å². The van der Waals surface area contributed by atoms with E-state index in [-0.39, 0.29) is 17.8 Å². The van der Waals surface area contributed by atoms with Gasteiger partial charge in [-0.1, -0.05) is 42.5 Å². The minimum absolute atomic E-state index is 0.111. The monoisotopic (exact) mass is 475 g/mol. The molecule has 0 N–H and O–H groups in total. The molecule has 34 heavy (non-hydrogen) atoms. The van der Waals surface area contributed by atoms with Crippen LogP contribution in [-0.2, 0) is 11.3 Å². The molecule has 3 aromatic rings. The molecule has 6 nitrogen and oxygen atoms in total. The van der Waals surface area contributed by atoms with Crippen molar-refractivity contribution in [2.24, 2.45) is 0 Å². The Hall–Kier alpha value is -3.49. The maximum absolute atomic E-state index is 13.1. The van der Waals surface area contributed by atoms with Gasteiger partial charge in [0.2, 0.25) is 0 Å². The molecular formula is C25H28F3N3O3. The lowest BCUT2D eigenvalue weighted by Crippen LogP contribution is -2.43. The molecule has 0 bridgehead atoms. The highest BCUT2D eigenvalue weighted by molar-refractivity contribution is 5.69. The van der Waals surface area contributed by atoms with Crippen molar-refractivity contribution in [3.63, 3.8) is 0 Å². The largest absolute Gasteiger partial charge is 0.573 e. The number of benzene rings is 2. The van der Waals surface area contributed by atoms with E-state index in [1.54, 1.807) is 17.3 Å². The van der Waals surface area contributed by atoms with Gasteiger partial charge in [0.15, 0.2) is 11.9 Å². The number of nitrogens with zero attached hydrogens (tertiary/aromatic N) is 3. The number of alkyl halides is 3. The first-order chi connectivity index (χ1) is 16.0. The fourth-order valence-corrected chi connectivity index (χ4v) is 3.77. The second-order valence-corrected chi connectivity index (χ2v) is 8.37. The average molecular weight is 476 g/mol. The van der Waals surface area contributed by atoms with Crippen LogP contribution in [0.4, 0.5) is 18.0 Å². The molecule has 1 amide bonds. The number of carbonyl (C=O) groups is 1. The van der Waals surface area contributed by atoms with Gasteiger partial charge in [0.25, 0.3) is 0 Å². The minimum atomic E-state index is -4.80. The lowest BCUT2D eigenvalue weighted by atomic mass is 10.1. The molecule has 1 atom stereocenters. The number of imidazole rings is 1. The van der Waals surface area contributed by atoms with Gasteiger partial charge in [0.1, 0.15) is 5.75 Å². The topological polar surface area (TPSA) is 56.6 Å². The summed E-state index contributed by atoms with van der Waals surface area (Å²) < 4.78 is 49.5. The van der Waals surface area contributed by atoms with Crippen LogP contribution in [0.25, 0.3) is 0 Å². The number of carbonyl (C=O) groups excluding carboxylic acids is 1. The van der Waals surface area contributed by atoms with Crippen LogP contribution in [0.1, 0.15) is 50.8 Å². The van der Waals surface area contributed by atoms with Gasteiger partial charge >= 0.3 is 12.5 Å². The van der Waals surface area contributed by atoms with E-state index >= 15 is 0 Å². The molecule has 0 aliphatic rings.